The van der Waals surface area contributed by atoms with Gasteiger partial charge in [0, 0.05) is 23.4 Å². The standard InChI is InChI=1S/C29H36O9/c1-17-19-13-21(31)23(14-22(19)37-24(32)20(17)12-18-10-8-7-9-11-18)36-16-26(3)28(5,34)29(6,35)27(4,33)25(2,15-30)38-26/h7-11,13-14,30-31,33-35H,12,15-16H2,1-6H3. The molecule has 2 aromatic carbocycles. The van der Waals surface area contributed by atoms with Gasteiger partial charge in [-0.2, -0.15) is 0 Å². The number of hydrogen-bond acceptors (Lipinski definition) is 9. The van der Waals surface area contributed by atoms with Gasteiger partial charge in [-0.15, -0.1) is 0 Å². The number of phenols is 1. The van der Waals surface area contributed by atoms with E-state index in [2.05, 4.69) is 0 Å². The molecular weight excluding hydrogens is 492 g/mol. The normalized spacial score (nSPS) is 33.4. The molecule has 38 heavy (non-hydrogen) atoms. The average molecular weight is 529 g/mol. The number of aliphatic hydroxyl groups excluding tert-OH is 1. The fourth-order valence-electron chi connectivity index (χ4n) is 5.30. The Hall–Kier alpha value is -2.95. The van der Waals surface area contributed by atoms with E-state index in [1.807, 2.05) is 30.3 Å². The Kier molecular flexibility index (Phi) is 6.70. The Balaban J connectivity index is 1.69. The largest absolute Gasteiger partial charge is 0.504 e. The number of ether oxygens (including phenoxy) is 2. The Morgan fingerprint density at radius 1 is 0.895 bits per heavy atom. The molecule has 0 bridgehead atoms. The van der Waals surface area contributed by atoms with Crippen LogP contribution in [0.25, 0.3) is 11.0 Å². The molecule has 1 aliphatic heterocycles. The van der Waals surface area contributed by atoms with Gasteiger partial charge in [-0.3, -0.25) is 0 Å². The van der Waals surface area contributed by atoms with Crippen molar-refractivity contribution in [3.05, 3.63) is 69.6 Å². The third-order valence-corrected chi connectivity index (χ3v) is 8.80. The van der Waals surface area contributed by atoms with Gasteiger partial charge in [0.25, 0.3) is 0 Å². The molecule has 0 amide bonds. The second-order valence-corrected chi connectivity index (χ2v) is 11.2. The molecule has 0 saturated carbocycles. The lowest BCUT2D eigenvalue weighted by atomic mass is 9.58. The maximum Gasteiger partial charge on any atom is 0.340 e. The summed E-state index contributed by atoms with van der Waals surface area (Å²) in [5.41, 5.74) is -7.77. The number of aliphatic hydroxyl groups is 4. The van der Waals surface area contributed by atoms with Crippen molar-refractivity contribution >= 4 is 11.0 Å². The average Bonchev–Trinajstić information content (AvgIpc) is 2.85. The number of aryl methyl sites for hydroxylation is 1. The summed E-state index contributed by atoms with van der Waals surface area (Å²) in [7, 11) is 0. The highest BCUT2D eigenvalue weighted by Crippen LogP contribution is 2.53. The summed E-state index contributed by atoms with van der Waals surface area (Å²) in [6.07, 6.45) is 0.377. The smallest absolute Gasteiger partial charge is 0.340 e. The molecule has 4 rings (SSSR count). The minimum atomic E-state index is -2.14. The SMILES string of the molecule is Cc1c(Cc2ccccc2)c(=O)oc2cc(OCC3(C)OC(C)(CO)C(C)(O)C(C)(O)C3(C)O)c(O)cc12. The third kappa shape index (κ3) is 4.01. The van der Waals surface area contributed by atoms with Gasteiger partial charge in [-0.05, 0) is 58.7 Å². The second kappa shape index (κ2) is 9.07. The quantitative estimate of drug-likeness (QED) is 0.304. The number of rotatable bonds is 6. The molecule has 0 aliphatic carbocycles. The second-order valence-electron chi connectivity index (χ2n) is 11.2. The van der Waals surface area contributed by atoms with E-state index < -0.39 is 46.8 Å². The van der Waals surface area contributed by atoms with Crippen LogP contribution in [0, 0.1) is 6.92 Å². The van der Waals surface area contributed by atoms with Gasteiger partial charge < -0.3 is 39.4 Å². The predicted molar refractivity (Wildman–Crippen MR) is 140 cm³/mol. The summed E-state index contributed by atoms with van der Waals surface area (Å²) in [5, 5.41) is 55.1. The van der Waals surface area contributed by atoms with Crippen molar-refractivity contribution in [3.63, 3.8) is 0 Å². The van der Waals surface area contributed by atoms with Crippen molar-refractivity contribution in [3.8, 4) is 11.5 Å². The van der Waals surface area contributed by atoms with Gasteiger partial charge in [0.05, 0.1) is 6.61 Å². The van der Waals surface area contributed by atoms with Crippen LogP contribution in [0.5, 0.6) is 11.5 Å². The minimum absolute atomic E-state index is 0.0424. The van der Waals surface area contributed by atoms with Crippen molar-refractivity contribution < 1.29 is 39.4 Å². The number of aromatic hydroxyl groups is 1. The van der Waals surface area contributed by atoms with Gasteiger partial charge in [0.2, 0.25) is 0 Å². The van der Waals surface area contributed by atoms with Crippen LogP contribution in [0.1, 0.15) is 51.3 Å². The van der Waals surface area contributed by atoms with Crippen LogP contribution in [-0.4, -0.2) is 66.8 Å². The molecule has 9 nitrogen and oxygen atoms in total. The molecule has 206 valence electrons. The third-order valence-electron chi connectivity index (χ3n) is 8.80. The fourth-order valence-corrected chi connectivity index (χ4v) is 5.30. The van der Waals surface area contributed by atoms with E-state index in [9.17, 15) is 30.3 Å². The van der Waals surface area contributed by atoms with Gasteiger partial charge in [-0.25, -0.2) is 4.79 Å². The summed E-state index contributed by atoms with van der Waals surface area (Å²) in [6.45, 7) is 7.49. The van der Waals surface area contributed by atoms with E-state index in [0.717, 1.165) is 5.56 Å². The highest BCUT2D eigenvalue weighted by molar-refractivity contribution is 5.84. The van der Waals surface area contributed by atoms with Gasteiger partial charge in [0.1, 0.15) is 40.2 Å². The van der Waals surface area contributed by atoms with E-state index in [4.69, 9.17) is 13.9 Å². The Bertz CT molecular complexity index is 1410. The van der Waals surface area contributed by atoms with Crippen molar-refractivity contribution in [2.75, 3.05) is 13.2 Å². The zero-order chi connectivity index (χ0) is 28.3. The molecule has 1 fully saturated rings. The van der Waals surface area contributed by atoms with Gasteiger partial charge in [-0.1, -0.05) is 30.3 Å². The topological polar surface area (TPSA) is 150 Å². The molecule has 5 N–H and O–H groups in total. The van der Waals surface area contributed by atoms with Crippen LogP contribution in [0.2, 0.25) is 0 Å². The maximum absolute atomic E-state index is 12.8. The first-order valence-corrected chi connectivity index (χ1v) is 12.5. The number of phenolic OH excluding ortho intramolecular Hbond substituents is 1. The van der Waals surface area contributed by atoms with Crippen LogP contribution < -0.4 is 10.4 Å². The molecule has 0 spiro atoms. The van der Waals surface area contributed by atoms with E-state index in [1.54, 1.807) is 6.92 Å². The van der Waals surface area contributed by atoms with E-state index in [-0.39, 0.29) is 17.1 Å². The van der Waals surface area contributed by atoms with Gasteiger partial charge in [0.15, 0.2) is 11.5 Å². The minimum Gasteiger partial charge on any atom is -0.504 e. The monoisotopic (exact) mass is 528 g/mol. The number of fused-ring (bicyclic) bond motifs is 1. The molecule has 1 aromatic heterocycles. The summed E-state index contributed by atoms with van der Waals surface area (Å²) in [5.74, 6) is -0.276. The Morgan fingerprint density at radius 2 is 1.50 bits per heavy atom. The molecule has 5 atom stereocenters. The lowest BCUT2D eigenvalue weighted by Crippen LogP contribution is -2.85. The first kappa shape index (κ1) is 28.1. The molecule has 1 saturated heterocycles. The van der Waals surface area contributed by atoms with Crippen molar-refractivity contribution in [2.45, 2.75) is 76.0 Å². The first-order chi connectivity index (χ1) is 17.5. The van der Waals surface area contributed by atoms with Crippen LogP contribution in [0.4, 0.5) is 0 Å². The highest BCUT2D eigenvalue weighted by Gasteiger charge is 2.74. The Morgan fingerprint density at radius 3 is 2.11 bits per heavy atom. The molecule has 0 radical (unpaired) electrons. The van der Waals surface area contributed by atoms with Crippen molar-refractivity contribution in [2.24, 2.45) is 0 Å². The summed E-state index contributed by atoms with van der Waals surface area (Å²) in [4.78, 5) is 12.8. The number of hydrogen-bond donors (Lipinski definition) is 5. The van der Waals surface area contributed by atoms with Crippen molar-refractivity contribution in [1.82, 2.24) is 0 Å². The fraction of sp³-hybridized carbons (Fsp3) is 0.483. The summed E-state index contributed by atoms with van der Waals surface area (Å²) >= 11 is 0. The van der Waals surface area contributed by atoms with Crippen LogP contribution >= 0.6 is 0 Å². The van der Waals surface area contributed by atoms with Crippen molar-refractivity contribution in [1.29, 1.82) is 0 Å². The molecular formula is C29H36O9. The van der Waals surface area contributed by atoms with E-state index >= 15 is 0 Å². The van der Waals surface area contributed by atoms with E-state index in [1.165, 1.54) is 46.8 Å². The Labute approximate surface area is 220 Å². The van der Waals surface area contributed by atoms with Gasteiger partial charge >= 0.3 is 5.63 Å². The molecule has 2 heterocycles. The molecule has 5 unspecified atom stereocenters. The first-order valence-electron chi connectivity index (χ1n) is 12.5. The van der Waals surface area contributed by atoms with Crippen LogP contribution in [0.3, 0.4) is 0 Å². The predicted octanol–water partition coefficient (Wildman–Crippen LogP) is 2.57. The molecule has 3 aromatic rings. The maximum atomic E-state index is 12.8. The van der Waals surface area contributed by atoms with Crippen LogP contribution in [0.15, 0.2) is 51.7 Å². The lowest BCUT2D eigenvalue weighted by Gasteiger charge is -2.65. The molecule has 1 aliphatic rings. The zero-order valence-corrected chi connectivity index (χ0v) is 22.5. The summed E-state index contributed by atoms with van der Waals surface area (Å²) in [6, 6.07) is 12.3. The molecule has 9 heteroatoms. The summed E-state index contributed by atoms with van der Waals surface area (Å²) < 4.78 is 17.5. The number of benzene rings is 2. The lowest BCUT2D eigenvalue weighted by molar-refractivity contribution is -0.405. The highest BCUT2D eigenvalue weighted by atomic mass is 16.6. The van der Waals surface area contributed by atoms with Crippen LogP contribution in [-0.2, 0) is 11.2 Å². The zero-order valence-electron chi connectivity index (χ0n) is 22.5. The van der Waals surface area contributed by atoms with E-state index in [0.29, 0.717) is 22.9 Å².